The predicted octanol–water partition coefficient (Wildman–Crippen LogP) is 0.943. The van der Waals surface area contributed by atoms with E-state index in [1.54, 1.807) is 29.6 Å². The number of anilines is 1. The molecule has 2 heterocycles. The Labute approximate surface area is 117 Å². The molecule has 0 unspecified atom stereocenters. The van der Waals surface area contributed by atoms with Crippen molar-refractivity contribution in [3.63, 3.8) is 0 Å². The second kappa shape index (κ2) is 5.24. The highest BCUT2D eigenvalue weighted by molar-refractivity contribution is 5.73. The van der Waals surface area contributed by atoms with Gasteiger partial charge >= 0.3 is 0 Å². The van der Waals surface area contributed by atoms with E-state index in [1.165, 1.54) is 0 Å². The summed E-state index contributed by atoms with van der Waals surface area (Å²) < 4.78 is 8.34. The van der Waals surface area contributed by atoms with Gasteiger partial charge in [0.25, 0.3) is 5.56 Å². The topological polar surface area (TPSA) is 74.0 Å². The molecule has 0 aliphatic carbocycles. The lowest BCUT2D eigenvalue weighted by Gasteiger charge is -2.21. The molecule has 20 heavy (non-hydrogen) atoms. The number of aromatic nitrogens is 4. The Morgan fingerprint density at radius 2 is 2.10 bits per heavy atom. The van der Waals surface area contributed by atoms with Crippen LogP contribution in [0.15, 0.2) is 11.1 Å². The second-order valence-corrected chi connectivity index (χ2v) is 5.68. The first-order valence-corrected chi connectivity index (χ1v) is 6.53. The highest BCUT2D eigenvalue weighted by Gasteiger charge is 2.20. The van der Waals surface area contributed by atoms with Crippen LogP contribution in [0.25, 0.3) is 11.2 Å². The van der Waals surface area contributed by atoms with Crippen LogP contribution in [0, 0.1) is 0 Å². The van der Waals surface area contributed by atoms with Crippen LogP contribution >= 0.6 is 0 Å². The summed E-state index contributed by atoms with van der Waals surface area (Å²) >= 11 is 0. The van der Waals surface area contributed by atoms with E-state index < -0.39 is 0 Å². The van der Waals surface area contributed by atoms with E-state index >= 15 is 0 Å². The van der Waals surface area contributed by atoms with E-state index in [1.807, 2.05) is 20.8 Å². The van der Waals surface area contributed by atoms with Gasteiger partial charge in [0, 0.05) is 26.2 Å². The van der Waals surface area contributed by atoms with Gasteiger partial charge in [0.2, 0.25) is 5.95 Å². The molecule has 2 aromatic heterocycles. The van der Waals surface area contributed by atoms with Crippen molar-refractivity contribution < 1.29 is 4.74 Å². The first kappa shape index (κ1) is 14.5. The third kappa shape index (κ3) is 2.53. The van der Waals surface area contributed by atoms with Crippen LogP contribution in [0.1, 0.15) is 20.8 Å². The first-order valence-electron chi connectivity index (χ1n) is 6.53. The molecule has 7 heteroatoms. The van der Waals surface area contributed by atoms with Gasteiger partial charge in [-0.3, -0.25) is 9.36 Å². The molecule has 0 saturated carbocycles. The van der Waals surface area contributed by atoms with Crippen LogP contribution in [0.2, 0.25) is 0 Å². The normalized spacial score (nSPS) is 12.1. The van der Waals surface area contributed by atoms with Crippen molar-refractivity contribution in [1.82, 2.24) is 19.1 Å². The predicted molar refractivity (Wildman–Crippen MR) is 78.1 cm³/mol. The van der Waals surface area contributed by atoms with Crippen LogP contribution in [0.4, 0.5) is 5.95 Å². The molecule has 0 spiro atoms. The van der Waals surface area contributed by atoms with E-state index in [0.29, 0.717) is 30.3 Å². The van der Waals surface area contributed by atoms with E-state index in [-0.39, 0.29) is 11.1 Å². The van der Waals surface area contributed by atoms with Crippen LogP contribution in [-0.2, 0) is 17.3 Å². The zero-order valence-corrected chi connectivity index (χ0v) is 12.6. The van der Waals surface area contributed by atoms with Crippen molar-refractivity contribution in [3.05, 3.63) is 16.7 Å². The maximum atomic E-state index is 12.5. The molecule has 0 saturated heterocycles. The Kier molecular flexibility index (Phi) is 3.80. The average Bonchev–Trinajstić information content (AvgIpc) is 2.66. The number of methoxy groups -OCH3 is 1. The summed E-state index contributed by atoms with van der Waals surface area (Å²) in [6, 6.07) is 0. The van der Waals surface area contributed by atoms with Gasteiger partial charge in [0.1, 0.15) is 6.33 Å². The van der Waals surface area contributed by atoms with Crippen molar-refractivity contribution in [2.45, 2.75) is 26.3 Å². The van der Waals surface area contributed by atoms with Gasteiger partial charge in [-0.2, -0.15) is 4.98 Å². The number of nitrogens with zero attached hydrogens (tertiary/aromatic N) is 4. The second-order valence-electron chi connectivity index (χ2n) is 5.68. The molecule has 0 aliphatic rings. The zero-order chi connectivity index (χ0) is 14.9. The molecule has 7 nitrogen and oxygen atoms in total. The standard InChI is InChI=1S/C13H21N5O2/c1-13(2,3)18-8-15-10-9(11(18)19)17(4)12(16-10)14-6-7-20-5/h8H,6-7H2,1-5H3,(H,14,16). The van der Waals surface area contributed by atoms with Gasteiger partial charge in [-0.05, 0) is 20.8 Å². The summed E-state index contributed by atoms with van der Waals surface area (Å²) in [6.07, 6.45) is 1.55. The van der Waals surface area contributed by atoms with Crippen LogP contribution in [0.3, 0.4) is 0 Å². The molecule has 0 aromatic carbocycles. The number of ether oxygens (including phenoxy) is 1. The van der Waals surface area contributed by atoms with Crippen molar-refractivity contribution in [2.24, 2.45) is 7.05 Å². The minimum atomic E-state index is -0.313. The highest BCUT2D eigenvalue weighted by atomic mass is 16.5. The molecule has 0 atom stereocenters. The average molecular weight is 279 g/mol. The van der Waals surface area contributed by atoms with Crippen molar-refractivity contribution in [1.29, 1.82) is 0 Å². The Morgan fingerprint density at radius 3 is 2.70 bits per heavy atom. The highest BCUT2D eigenvalue weighted by Crippen LogP contribution is 2.15. The number of fused-ring (bicyclic) bond motifs is 1. The van der Waals surface area contributed by atoms with E-state index in [9.17, 15) is 4.79 Å². The summed E-state index contributed by atoms with van der Waals surface area (Å²) in [5, 5.41) is 3.13. The monoisotopic (exact) mass is 279 g/mol. The van der Waals surface area contributed by atoms with Gasteiger partial charge in [0.15, 0.2) is 11.2 Å². The maximum absolute atomic E-state index is 12.5. The fraction of sp³-hybridized carbons (Fsp3) is 0.615. The Balaban J connectivity index is 2.50. The van der Waals surface area contributed by atoms with Gasteiger partial charge in [-0.1, -0.05) is 0 Å². The molecule has 110 valence electrons. The Bertz CT molecular complexity index is 666. The molecular weight excluding hydrogens is 258 g/mol. The Hall–Kier alpha value is -1.89. The molecular formula is C13H21N5O2. The lowest BCUT2D eigenvalue weighted by atomic mass is 10.1. The number of aryl methyl sites for hydroxylation is 1. The number of nitrogens with one attached hydrogen (secondary N) is 1. The van der Waals surface area contributed by atoms with Crippen molar-refractivity contribution in [3.8, 4) is 0 Å². The van der Waals surface area contributed by atoms with Gasteiger partial charge in [-0.25, -0.2) is 4.98 Å². The summed E-state index contributed by atoms with van der Waals surface area (Å²) in [5.74, 6) is 0.619. The smallest absolute Gasteiger partial charge is 0.280 e. The van der Waals surface area contributed by atoms with Crippen molar-refractivity contribution in [2.75, 3.05) is 25.6 Å². The molecule has 0 radical (unpaired) electrons. The van der Waals surface area contributed by atoms with Crippen LogP contribution in [-0.4, -0.2) is 39.4 Å². The van der Waals surface area contributed by atoms with Gasteiger partial charge in [-0.15, -0.1) is 0 Å². The molecule has 1 N–H and O–H groups in total. The summed E-state index contributed by atoms with van der Waals surface area (Å²) in [7, 11) is 3.45. The largest absolute Gasteiger partial charge is 0.383 e. The van der Waals surface area contributed by atoms with E-state index in [4.69, 9.17) is 4.74 Å². The first-order chi connectivity index (χ1) is 9.36. The number of hydrogen-bond acceptors (Lipinski definition) is 5. The zero-order valence-electron chi connectivity index (χ0n) is 12.6. The lowest BCUT2D eigenvalue weighted by molar-refractivity contribution is 0.210. The molecule has 0 aliphatic heterocycles. The van der Waals surface area contributed by atoms with E-state index in [2.05, 4.69) is 15.3 Å². The summed E-state index contributed by atoms with van der Waals surface area (Å²) in [5.41, 5.74) is 0.559. The number of rotatable bonds is 4. The SMILES string of the molecule is COCCNc1nc2ncn(C(C)(C)C)c(=O)c2n1C. The molecule has 2 rings (SSSR count). The van der Waals surface area contributed by atoms with Crippen LogP contribution in [0.5, 0.6) is 0 Å². The molecule has 0 fully saturated rings. The molecule has 2 aromatic rings. The minimum Gasteiger partial charge on any atom is -0.383 e. The maximum Gasteiger partial charge on any atom is 0.280 e. The fourth-order valence-corrected chi connectivity index (χ4v) is 1.99. The van der Waals surface area contributed by atoms with E-state index in [0.717, 1.165) is 0 Å². The van der Waals surface area contributed by atoms with Crippen molar-refractivity contribution >= 4 is 17.1 Å². The molecule has 0 bridgehead atoms. The summed E-state index contributed by atoms with van der Waals surface area (Å²) in [6.45, 7) is 7.10. The Morgan fingerprint density at radius 1 is 1.40 bits per heavy atom. The number of imidazole rings is 1. The third-order valence-corrected chi connectivity index (χ3v) is 3.11. The van der Waals surface area contributed by atoms with Gasteiger partial charge in [0.05, 0.1) is 6.61 Å². The third-order valence-electron chi connectivity index (χ3n) is 3.11. The number of hydrogen-bond donors (Lipinski definition) is 1. The quantitative estimate of drug-likeness (QED) is 0.843. The fourth-order valence-electron chi connectivity index (χ4n) is 1.99. The molecule has 0 amide bonds. The summed E-state index contributed by atoms with van der Waals surface area (Å²) in [4.78, 5) is 21.2. The lowest BCUT2D eigenvalue weighted by Crippen LogP contribution is -2.34. The minimum absolute atomic E-state index is 0.0858. The van der Waals surface area contributed by atoms with Crippen LogP contribution < -0.4 is 10.9 Å². The van der Waals surface area contributed by atoms with Gasteiger partial charge < -0.3 is 14.6 Å².